The number of para-hydroxylation sites is 1. The zero-order valence-electron chi connectivity index (χ0n) is 14.2. The first-order valence-corrected chi connectivity index (χ1v) is 8.60. The number of amides is 1. The molecule has 26 heavy (non-hydrogen) atoms. The second-order valence-electron chi connectivity index (χ2n) is 5.67. The third-order valence-electron chi connectivity index (χ3n) is 3.70. The van der Waals surface area contributed by atoms with Gasteiger partial charge in [-0.25, -0.2) is 9.97 Å². The number of hydrogen-bond donors (Lipinski definition) is 1. The molecule has 1 N–H and O–H groups in total. The lowest BCUT2D eigenvalue weighted by molar-refractivity contribution is 0.0988. The molecule has 0 aliphatic heterocycles. The van der Waals surface area contributed by atoms with E-state index in [4.69, 9.17) is 23.2 Å². The molecule has 3 aromatic rings. The first kappa shape index (κ1) is 18.2. The van der Waals surface area contributed by atoms with Crippen molar-refractivity contribution in [2.24, 2.45) is 0 Å². The molecule has 0 aliphatic rings. The first-order chi connectivity index (χ1) is 12.4. The molecule has 2 aromatic carbocycles. The van der Waals surface area contributed by atoms with Crippen LogP contribution in [0.4, 0.5) is 17.3 Å². The average Bonchev–Trinajstić information content (AvgIpc) is 2.64. The molecule has 0 atom stereocenters. The highest BCUT2D eigenvalue weighted by molar-refractivity contribution is 6.42. The minimum atomic E-state index is -0.223. The van der Waals surface area contributed by atoms with Crippen LogP contribution in [0.1, 0.15) is 16.2 Å². The maximum atomic E-state index is 12.8. The Kier molecular flexibility index (Phi) is 5.40. The summed E-state index contributed by atoms with van der Waals surface area (Å²) in [5.41, 5.74) is 2.44. The Balaban J connectivity index is 1.87. The van der Waals surface area contributed by atoms with Gasteiger partial charge in [0.1, 0.15) is 5.69 Å². The third kappa shape index (κ3) is 4.12. The Morgan fingerprint density at radius 1 is 1.00 bits per heavy atom. The second-order valence-corrected chi connectivity index (χ2v) is 6.49. The van der Waals surface area contributed by atoms with Crippen LogP contribution in [0.25, 0.3) is 0 Å². The number of halogens is 2. The molecular formula is C19H16Cl2N4O. The van der Waals surface area contributed by atoms with Gasteiger partial charge in [0, 0.05) is 24.1 Å². The van der Waals surface area contributed by atoms with Gasteiger partial charge in [-0.1, -0.05) is 41.4 Å². The summed E-state index contributed by atoms with van der Waals surface area (Å²) in [7, 11) is 1.71. The highest BCUT2D eigenvalue weighted by Crippen LogP contribution is 2.26. The lowest BCUT2D eigenvalue weighted by atomic mass is 10.2. The summed E-state index contributed by atoms with van der Waals surface area (Å²) in [6.07, 6.45) is 0. The van der Waals surface area contributed by atoms with E-state index in [0.717, 1.165) is 5.69 Å². The van der Waals surface area contributed by atoms with Crippen LogP contribution in [0.2, 0.25) is 10.0 Å². The summed E-state index contributed by atoms with van der Waals surface area (Å²) in [6, 6.07) is 16.1. The molecule has 0 saturated heterocycles. The summed E-state index contributed by atoms with van der Waals surface area (Å²) >= 11 is 12.0. The van der Waals surface area contributed by atoms with Crippen LogP contribution >= 0.6 is 23.2 Å². The minimum Gasteiger partial charge on any atom is -0.324 e. The van der Waals surface area contributed by atoms with Gasteiger partial charge in [0.25, 0.3) is 5.91 Å². The van der Waals surface area contributed by atoms with E-state index in [0.29, 0.717) is 33.1 Å². The second kappa shape index (κ2) is 7.72. The van der Waals surface area contributed by atoms with Crippen LogP contribution < -0.4 is 10.2 Å². The molecule has 132 valence electrons. The molecule has 0 fully saturated rings. The van der Waals surface area contributed by atoms with E-state index in [1.807, 2.05) is 30.3 Å². The number of hydrogen-bond acceptors (Lipinski definition) is 4. The number of benzene rings is 2. The zero-order chi connectivity index (χ0) is 18.7. The molecular weight excluding hydrogens is 371 g/mol. The number of aryl methyl sites for hydroxylation is 1. The average molecular weight is 387 g/mol. The van der Waals surface area contributed by atoms with Gasteiger partial charge in [0.05, 0.1) is 10.0 Å². The molecule has 0 spiro atoms. The van der Waals surface area contributed by atoms with Gasteiger partial charge in [0.2, 0.25) is 5.95 Å². The fourth-order valence-electron chi connectivity index (χ4n) is 2.38. The number of rotatable bonds is 4. The van der Waals surface area contributed by atoms with Crippen molar-refractivity contribution in [3.63, 3.8) is 0 Å². The largest absolute Gasteiger partial charge is 0.324 e. The maximum absolute atomic E-state index is 12.8. The van der Waals surface area contributed by atoms with Crippen molar-refractivity contribution in [3.8, 4) is 0 Å². The van der Waals surface area contributed by atoms with Gasteiger partial charge in [-0.15, -0.1) is 0 Å². The first-order valence-electron chi connectivity index (χ1n) is 7.85. The predicted molar refractivity (Wildman–Crippen MR) is 106 cm³/mol. The Labute approximate surface area is 161 Å². The quantitative estimate of drug-likeness (QED) is 0.676. The standard InChI is InChI=1S/C19H16Cl2N4O/c1-12-10-17(18(26)25(2)14-6-4-3-5-7-14)24-19(22-12)23-13-8-9-15(20)16(21)11-13/h3-11H,1-2H3,(H,22,23,24). The summed E-state index contributed by atoms with van der Waals surface area (Å²) in [6.45, 7) is 1.81. The van der Waals surface area contributed by atoms with Crippen molar-refractivity contribution in [2.75, 3.05) is 17.3 Å². The summed E-state index contributed by atoms with van der Waals surface area (Å²) < 4.78 is 0. The summed E-state index contributed by atoms with van der Waals surface area (Å²) in [5.74, 6) is 0.0899. The molecule has 5 nitrogen and oxygen atoms in total. The van der Waals surface area contributed by atoms with E-state index in [1.165, 1.54) is 0 Å². The number of carbonyl (C=O) groups is 1. The molecule has 1 amide bonds. The van der Waals surface area contributed by atoms with E-state index in [-0.39, 0.29) is 5.91 Å². The van der Waals surface area contributed by atoms with Crippen molar-refractivity contribution >= 4 is 46.4 Å². The molecule has 0 bridgehead atoms. The molecule has 0 unspecified atom stereocenters. The van der Waals surface area contributed by atoms with E-state index in [1.54, 1.807) is 43.1 Å². The predicted octanol–water partition coefficient (Wildman–Crippen LogP) is 5.11. The molecule has 1 aromatic heterocycles. The maximum Gasteiger partial charge on any atom is 0.276 e. The van der Waals surface area contributed by atoms with Gasteiger partial charge in [-0.3, -0.25) is 4.79 Å². The summed E-state index contributed by atoms with van der Waals surface area (Å²) in [4.78, 5) is 23.0. The lowest BCUT2D eigenvalue weighted by Crippen LogP contribution is -2.27. The Morgan fingerprint density at radius 3 is 2.42 bits per heavy atom. The molecule has 3 rings (SSSR count). The van der Waals surface area contributed by atoms with Crippen molar-refractivity contribution < 1.29 is 4.79 Å². The molecule has 0 saturated carbocycles. The van der Waals surface area contributed by atoms with E-state index < -0.39 is 0 Å². The number of anilines is 3. The van der Waals surface area contributed by atoms with Gasteiger partial charge in [-0.2, -0.15) is 0 Å². The fraction of sp³-hybridized carbons (Fsp3) is 0.105. The van der Waals surface area contributed by atoms with Gasteiger partial charge in [0.15, 0.2) is 0 Å². The van der Waals surface area contributed by atoms with Crippen LogP contribution in [-0.2, 0) is 0 Å². The Bertz CT molecular complexity index is 948. The number of aromatic nitrogens is 2. The SMILES string of the molecule is Cc1cc(C(=O)N(C)c2ccccc2)nc(Nc2ccc(Cl)c(Cl)c2)n1. The molecule has 1 heterocycles. The third-order valence-corrected chi connectivity index (χ3v) is 4.44. The zero-order valence-corrected chi connectivity index (χ0v) is 15.7. The number of nitrogens with one attached hydrogen (secondary N) is 1. The smallest absolute Gasteiger partial charge is 0.276 e. The normalized spacial score (nSPS) is 10.5. The molecule has 0 aliphatic carbocycles. The van der Waals surface area contributed by atoms with Gasteiger partial charge >= 0.3 is 0 Å². The van der Waals surface area contributed by atoms with Crippen molar-refractivity contribution in [1.29, 1.82) is 0 Å². The Morgan fingerprint density at radius 2 is 1.73 bits per heavy atom. The van der Waals surface area contributed by atoms with E-state index in [2.05, 4.69) is 15.3 Å². The minimum absolute atomic E-state index is 0.223. The van der Waals surface area contributed by atoms with E-state index >= 15 is 0 Å². The highest BCUT2D eigenvalue weighted by atomic mass is 35.5. The Hall–Kier alpha value is -2.63. The highest BCUT2D eigenvalue weighted by Gasteiger charge is 2.16. The monoisotopic (exact) mass is 386 g/mol. The van der Waals surface area contributed by atoms with E-state index in [9.17, 15) is 4.79 Å². The van der Waals surface area contributed by atoms with Crippen LogP contribution in [0.3, 0.4) is 0 Å². The van der Waals surface area contributed by atoms with Crippen LogP contribution in [0, 0.1) is 6.92 Å². The fourth-order valence-corrected chi connectivity index (χ4v) is 2.68. The van der Waals surface area contributed by atoms with Crippen molar-refractivity contribution in [1.82, 2.24) is 9.97 Å². The van der Waals surface area contributed by atoms with Crippen molar-refractivity contribution in [3.05, 3.63) is 76.0 Å². The summed E-state index contributed by atoms with van der Waals surface area (Å²) in [5, 5.41) is 3.93. The topological polar surface area (TPSA) is 58.1 Å². The lowest BCUT2D eigenvalue weighted by Gasteiger charge is -2.17. The van der Waals surface area contributed by atoms with Gasteiger partial charge in [-0.05, 0) is 43.3 Å². The molecule has 7 heteroatoms. The van der Waals surface area contributed by atoms with Crippen molar-refractivity contribution in [2.45, 2.75) is 6.92 Å². The number of nitrogens with zero attached hydrogens (tertiary/aromatic N) is 3. The van der Waals surface area contributed by atoms with Crippen LogP contribution in [0.5, 0.6) is 0 Å². The van der Waals surface area contributed by atoms with Crippen LogP contribution in [-0.4, -0.2) is 22.9 Å². The molecule has 0 radical (unpaired) electrons. The number of carbonyl (C=O) groups excluding carboxylic acids is 1. The van der Waals surface area contributed by atoms with Crippen LogP contribution in [0.15, 0.2) is 54.6 Å². The van der Waals surface area contributed by atoms with Gasteiger partial charge < -0.3 is 10.2 Å².